The molecule has 0 radical (unpaired) electrons. The molecule has 0 aliphatic rings. The first-order valence-electron chi connectivity index (χ1n) is 8.47. The van der Waals surface area contributed by atoms with Gasteiger partial charge in [-0.2, -0.15) is 87.7 Å². The second-order valence-electron chi connectivity index (χ2n) is 6.76. The first kappa shape index (κ1) is 35.5. The van der Waals surface area contributed by atoms with Crippen LogP contribution in [0.5, 0.6) is 0 Å². The molecule has 0 aliphatic carbocycles. The van der Waals surface area contributed by atoms with Gasteiger partial charge in [0.25, 0.3) is 10.0 Å². The van der Waals surface area contributed by atoms with Crippen LogP contribution < -0.4 is 0 Å². The highest BCUT2D eigenvalue weighted by Crippen LogP contribution is 2.65. The summed E-state index contributed by atoms with van der Waals surface area (Å²) in [6.45, 7) is -4.23. The molecule has 0 fully saturated rings. The van der Waals surface area contributed by atoms with E-state index >= 15 is 0 Å². The Bertz CT molecular complexity index is 926. The number of halogens is 19. The molecule has 0 aromatic carbocycles. The molecule has 1 N–H and O–H groups in total. The monoisotopic (exact) mass is 621 g/mol. The molecule has 0 rings (SSSR count). The van der Waals surface area contributed by atoms with Crippen LogP contribution in [-0.2, 0) is 10.0 Å². The van der Waals surface area contributed by atoms with Gasteiger partial charge in [0.1, 0.15) is 0 Å². The van der Waals surface area contributed by atoms with Crippen molar-refractivity contribution in [3.63, 3.8) is 0 Å². The van der Waals surface area contributed by atoms with Crippen LogP contribution in [0.2, 0.25) is 0 Å². The minimum atomic E-state index is -9.14. The lowest BCUT2D eigenvalue weighted by atomic mass is 9.89. The van der Waals surface area contributed by atoms with E-state index in [1.807, 2.05) is 0 Å². The lowest BCUT2D eigenvalue weighted by Gasteiger charge is -2.43. The smallest absolute Gasteiger partial charge is 0.395 e. The van der Waals surface area contributed by atoms with Crippen molar-refractivity contribution in [1.29, 1.82) is 0 Å². The summed E-state index contributed by atoms with van der Waals surface area (Å²) in [5.74, 6) is -61.9. The van der Waals surface area contributed by atoms with Crippen molar-refractivity contribution in [3.05, 3.63) is 0 Å². The van der Waals surface area contributed by atoms with E-state index in [-0.39, 0.29) is 0 Å². The van der Waals surface area contributed by atoms with Crippen molar-refractivity contribution in [2.45, 2.75) is 59.8 Å². The van der Waals surface area contributed by atoms with Crippen LogP contribution in [0.3, 0.4) is 0 Å². The first-order chi connectivity index (χ1) is 15.8. The summed E-state index contributed by atoms with van der Waals surface area (Å²) in [5.41, 5.74) is 0. The predicted octanol–water partition coefficient (Wildman–Crippen LogP) is 5.23. The lowest BCUT2D eigenvalue weighted by Crippen LogP contribution is -2.76. The number of hydrogen-bond donors (Lipinski definition) is 1. The van der Waals surface area contributed by atoms with Gasteiger partial charge in [-0.1, -0.05) is 6.92 Å². The molecular weight excluding hydrogens is 611 g/mol. The predicted molar refractivity (Wildman–Crippen MR) is 78.9 cm³/mol. The van der Waals surface area contributed by atoms with Crippen LogP contribution >= 0.6 is 0 Å². The minimum Gasteiger partial charge on any atom is -0.395 e. The van der Waals surface area contributed by atoms with Crippen LogP contribution in [0, 0.1) is 0 Å². The molecule has 0 aliphatic heterocycles. The second-order valence-corrected chi connectivity index (χ2v) is 8.73. The Balaban J connectivity index is 7.16. The fraction of sp³-hybridized carbons (Fsp3) is 1.00. The molecule has 0 amide bonds. The van der Waals surface area contributed by atoms with E-state index in [0.717, 1.165) is 0 Å². The molecule has 37 heavy (non-hydrogen) atoms. The van der Waals surface area contributed by atoms with Crippen LogP contribution in [0.15, 0.2) is 0 Å². The van der Waals surface area contributed by atoms with E-state index in [0.29, 0.717) is 6.92 Å². The second kappa shape index (κ2) is 9.33. The standard InChI is InChI=1S/C13H10F19NO3S/c1-2-33(3-4-34)37(35,36)13(31,32)11(26,27)9(22,23)7(18,19)5(14,15)6(16,17)8(20,21)10(24,25)12(28,29)30/h34H,2-4H2,1H3. The summed E-state index contributed by atoms with van der Waals surface area (Å²) in [6.07, 6.45) is -7.99. The zero-order valence-electron chi connectivity index (χ0n) is 16.9. The third-order valence-corrected chi connectivity index (χ3v) is 6.48. The molecule has 0 saturated carbocycles. The molecular formula is C13H10F19NO3S. The van der Waals surface area contributed by atoms with Crippen molar-refractivity contribution in [2.75, 3.05) is 19.7 Å². The van der Waals surface area contributed by atoms with E-state index in [4.69, 9.17) is 5.11 Å². The number of sulfonamides is 1. The number of hydrogen-bond acceptors (Lipinski definition) is 3. The van der Waals surface area contributed by atoms with E-state index in [2.05, 4.69) is 0 Å². The number of nitrogens with zero attached hydrogens (tertiary/aromatic N) is 1. The van der Waals surface area contributed by atoms with Gasteiger partial charge in [0.2, 0.25) is 0 Å². The maximum atomic E-state index is 13.9. The normalized spacial score (nSPS) is 16.5. The van der Waals surface area contributed by atoms with E-state index in [1.54, 1.807) is 0 Å². The Labute approximate surface area is 192 Å². The number of rotatable bonds is 12. The molecule has 224 valence electrons. The van der Waals surface area contributed by atoms with Gasteiger partial charge in [-0.15, -0.1) is 0 Å². The largest absolute Gasteiger partial charge is 0.460 e. The zero-order chi connectivity index (χ0) is 30.7. The minimum absolute atomic E-state index is 0.464. The number of aliphatic hydroxyl groups is 1. The molecule has 4 nitrogen and oxygen atoms in total. The Kier molecular flexibility index (Phi) is 8.96. The molecule has 0 spiro atoms. The SMILES string of the molecule is CCN(CCO)S(=O)(=O)C(F)(F)C(F)(F)C(F)(F)C(F)(F)C(F)(F)C(F)(F)C(F)(F)C(F)(F)C(F)(F)F. The van der Waals surface area contributed by atoms with Gasteiger partial charge in [0.15, 0.2) is 0 Å². The van der Waals surface area contributed by atoms with Crippen LogP contribution in [0.4, 0.5) is 83.4 Å². The van der Waals surface area contributed by atoms with Crippen molar-refractivity contribution < 1.29 is 96.9 Å². The van der Waals surface area contributed by atoms with Gasteiger partial charge in [0, 0.05) is 13.1 Å². The number of alkyl halides is 19. The van der Waals surface area contributed by atoms with Gasteiger partial charge in [0.05, 0.1) is 6.61 Å². The highest BCUT2D eigenvalue weighted by molar-refractivity contribution is 7.90. The third kappa shape index (κ3) is 4.46. The van der Waals surface area contributed by atoms with E-state index in [1.165, 1.54) is 0 Å². The Morgan fingerprint density at radius 1 is 0.541 bits per heavy atom. The number of aliphatic hydroxyl groups excluding tert-OH is 1. The fourth-order valence-electron chi connectivity index (χ4n) is 2.23. The summed E-state index contributed by atoms with van der Waals surface area (Å²) in [6, 6.07) is 0. The summed E-state index contributed by atoms with van der Waals surface area (Å²) >= 11 is 0. The molecule has 0 atom stereocenters. The number of likely N-dealkylation sites (N-methyl/N-ethyl adjacent to an activating group) is 1. The van der Waals surface area contributed by atoms with Gasteiger partial charge in [-0.05, 0) is 0 Å². The summed E-state index contributed by atoms with van der Waals surface area (Å²) in [7, 11) is -7.44. The van der Waals surface area contributed by atoms with E-state index in [9.17, 15) is 91.8 Å². The molecule has 0 heterocycles. The quantitative estimate of drug-likeness (QED) is 0.304. The van der Waals surface area contributed by atoms with Crippen LogP contribution in [0.25, 0.3) is 0 Å². The van der Waals surface area contributed by atoms with Gasteiger partial charge in [-0.25, -0.2) is 8.42 Å². The summed E-state index contributed by atoms with van der Waals surface area (Å²) in [4.78, 5) is 0. The molecule has 0 unspecified atom stereocenters. The summed E-state index contributed by atoms with van der Waals surface area (Å²) < 4.78 is 274. The zero-order valence-corrected chi connectivity index (χ0v) is 17.7. The van der Waals surface area contributed by atoms with Crippen molar-refractivity contribution in [2.24, 2.45) is 0 Å². The van der Waals surface area contributed by atoms with Gasteiger partial charge < -0.3 is 5.11 Å². The van der Waals surface area contributed by atoms with Crippen molar-refractivity contribution in [3.8, 4) is 0 Å². The Morgan fingerprint density at radius 3 is 1.05 bits per heavy atom. The third-order valence-electron chi connectivity index (χ3n) is 4.45. The van der Waals surface area contributed by atoms with Gasteiger partial charge >= 0.3 is 52.9 Å². The Morgan fingerprint density at radius 2 is 0.811 bits per heavy atom. The average Bonchev–Trinajstić information content (AvgIpc) is 2.69. The molecule has 0 aromatic rings. The molecule has 0 aromatic heterocycles. The molecule has 0 bridgehead atoms. The first-order valence-corrected chi connectivity index (χ1v) is 9.91. The topological polar surface area (TPSA) is 57.6 Å². The molecule has 24 heteroatoms. The lowest BCUT2D eigenvalue weighted by molar-refractivity contribution is -0.466. The maximum Gasteiger partial charge on any atom is 0.460 e. The van der Waals surface area contributed by atoms with Crippen molar-refractivity contribution in [1.82, 2.24) is 4.31 Å². The average molecular weight is 621 g/mol. The van der Waals surface area contributed by atoms with Crippen molar-refractivity contribution >= 4 is 10.0 Å². The van der Waals surface area contributed by atoms with Crippen LogP contribution in [0.1, 0.15) is 6.92 Å². The van der Waals surface area contributed by atoms with Crippen LogP contribution in [-0.4, -0.2) is 90.4 Å². The van der Waals surface area contributed by atoms with Gasteiger partial charge in [-0.3, -0.25) is 0 Å². The summed E-state index contributed by atoms with van der Waals surface area (Å²) in [5, 5.41) is 0.762. The maximum absolute atomic E-state index is 13.9. The fourth-order valence-corrected chi connectivity index (χ4v) is 3.67. The molecule has 0 saturated heterocycles. The highest BCUT2D eigenvalue weighted by atomic mass is 32.2. The highest BCUT2D eigenvalue weighted by Gasteiger charge is 2.97. The van der Waals surface area contributed by atoms with E-state index < -0.39 is 86.9 Å². The Hall–Kier alpha value is -1.46.